The van der Waals surface area contributed by atoms with Gasteiger partial charge in [0.1, 0.15) is 5.82 Å². The Morgan fingerprint density at radius 1 is 1.30 bits per heavy atom. The third-order valence-electron chi connectivity index (χ3n) is 4.26. The molecule has 0 unspecified atom stereocenters. The second-order valence-corrected chi connectivity index (χ2v) is 6.01. The van der Waals surface area contributed by atoms with E-state index in [0.717, 1.165) is 17.5 Å². The molecule has 2 aromatic carbocycles. The van der Waals surface area contributed by atoms with Crippen LogP contribution in [0.5, 0.6) is 0 Å². The van der Waals surface area contributed by atoms with Crippen LogP contribution < -0.4 is 0 Å². The van der Waals surface area contributed by atoms with Crippen molar-refractivity contribution >= 4 is 5.91 Å². The van der Waals surface area contributed by atoms with Crippen LogP contribution in [0, 0.1) is 23.1 Å². The van der Waals surface area contributed by atoms with E-state index >= 15 is 0 Å². The number of nitriles is 1. The molecule has 0 saturated heterocycles. The van der Waals surface area contributed by atoms with Gasteiger partial charge in [0.05, 0.1) is 11.6 Å². The highest BCUT2D eigenvalue weighted by molar-refractivity contribution is 5.82. The van der Waals surface area contributed by atoms with Gasteiger partial charge in [-0.3, -0.25) is 4.79 Å². The highest BCUT2D eigenvalue weighted by Crippen LogP contribution is 2.48. The van der Waals surface area contributed by atoms with Crippen LogP contribution in [0.3, 0.4) is 0 Å². The molecule has 0 radical (unpaired) electrons. The van der Waals surface area contributed by atoms with Crippen molar-refractivity contribution in [1.29, 1.82) is 5.26 Å². The van der Waals surface area contributed by atoms with Crippen LogP contribution >= 0.6 is 0 Å². The quantitative estimate of drug-likeness (QED) is 0.868. The van der Waals surface area contributed by atoms with Gasteiger partial charge in [0.2, 0.25) is 5.91 Å². The molecule has 4 heteroatoms. The molecule has 0 heterocycles. The molecule has 0 N–H and O–H groups in total. The van der Waals surface area contributed by atoms with Crippen LogP contribution in [-0.4, -0.2) is 17.9 Å². The minimum absolute atomic E-state index is 0.0235. The summed E-state index contributed by atoms with van der Waals surface area (Å²) in [6.07, 6.45) is 0.813. The molecule has 23 heavy (non-hydrogen) atoms. The normalized spacial score (nSPS) is 19.0. The zero-order valence-corrected chi connectivity index (χ0v) is 12.9. The van der Waals surface area contributed by atoms with E-state index in [-0.39, 0.29) is 23.6 Å². The Hall–Kier alpha value is -2.67. The van der Waals surface area contributed by atoms with Gasteiger partial charge in [-0.15, -0.1) is 0 Å². The Bertz CT molecular complexity index is 764. The monoisotopic (exact) mass is 308 g/mol. The summed E-state index contributed by atoms with van der Waals surface area (Å²) < 4.78 is 13.0. The number of amides is 1. The Balaban J connectivity index is 1.62. The highest BCUT2D eigenvalue weighted by Gasteiger charge is 2.45. The van der Waals surface area contributed by atoms with Crippen LogP contribution in [0.15, 0.2) is 48.5 Å². The first-order valence-electron chi connectivity index (χ1n) is 7.58. The van der Waals surface area contributed by atoms with Crippen LogP contribution in [0.4, 0.5) is 4.39 Å². The lowest BCUT2D eigenvalue weighted by molar-refractivity contribution is -0.131. The molecule has 1 amide bonds. The Morgan fingerprint density at radius 3 is 2.74 bits per heavy atom. The average molecular weight is 308 g/mol. The number of carbonyl (C=O) groups excluding carboxylic acids is 1. The Kier molecular flexibility index (Phi) is 4.12. The first kappa shape index (κ1) is 15.2. The van der Waals surface area contributed by atoms with E-state index in [1.807, 2.05) is 12.1 Å². The van der Waals surface area contributed by atoms with E-state index in [0.29, 0.717) is 12.1 Å². The number of carbonyl (C=O) groups is 1. The van der Waals surface area contributed by atoms with E-state index < -0.39 is 0 Å². The maximum absolute atomic E-state index is 13.0. The molecule has 0 bridgehead atoms. The van der Waals surface area contributed by atoms with Gasteiger partial charge in [-0.25, -0.2) is 4.39 Å². The summed E-state index contributed by atoms with van der Waals surface area (Å²) in [5, 5.41) is 8.93. The van der Waals surface area contributed by atoms with Crippen molar-refractivity contribution in [3.8, 4) is 6.07 Å². The van der Waals surface area contributed by atoms with Crippen LogP contribution in [0.2, 0.25) is 0 Å². The van der Waals surface area contributed by atoms with Crippen molar-refractivity contribution in [2.45, 2.75) is 18.9 Å². The maximum Gasteiger partial charge on any atom is 0.226 e. The van der Waals surface area contributed by atoms with E-state index in [4.69, 9.17) is 5.26 Å². The fraction of sp³-hybridized carbons (Fsp3) is 0.263. The molecule has 2 aromatic rings. The summed E-state index contributed by atoms with van der Waals surface area (Å²) in [6, 6.07) is 15.8. The van der Waals surface area contributed by atoms with E-state index in [1.165, 1.54) is 12.1 Å². The molecule has 3 rings (SSSR count). The fourth-order valence-corrected chi connectivity index (χ4v) is 2.92. The largest absolute Gasteiger partial charge is 0.341 e. The Morgan fingerprint density at radius 2 is 2.04 bits per heavy atom. The lowest BCUT2D eigenvalue weighted by atomic mass is 10.1. The molecule has 3 nitrogen and oxygen atoms in total. The highest BCUT2D eigenvalue weighted by atomic mass is 19.1. The molecular weight excluding hydrogens is 291 g/mol. The molecule has 116 valence electrons. The summed E-state index contributed by atoms with van der Waals surface area (Å²) in [7, 11) is 1.78. The van der Waals surface area contributed by atoms with Gasteiger partial charge >= 0.3 is 0 Å². The van der Waals surface area contributed by atoms with Gasteiger partial charge in [-0.05, 0) is 47.7 Å². The minimum atomic E-state index is -0.258. The number of nitrogens with zero attached hydrogens (tertiary/aromatic N) is 2. The molecule has 0 aliphatic heterocycles. The number of rotatable bonds is 4. The molecule has 1 aliphatic rings. The van der Waals surface area contributed by atoms with Gasteiger partial charge in [-0.1, -0.05) is 24.3 Å². The van der Waals surface area contributed by atoms with Gasteiger partial charge in [0.25, 0.3) is 0 Å². The van der Waals surface area contributed by atoms with E-state index in [1.54, 1.807) is 36.2 Å². The van der Waals surface area contributed by atoms with Gasteiger partial charge < -0.3 is 4.90 Å². The van der Waals surface area contributed by atoms with Gasteiger partial charge in [-0.2, -0.15) is 5.26 Å². The first-order valence-corrected chi connectivity index (χ1v) is 7.58. The van der Waals surface area contributed by atoms with E-state index in [9.17, 15) is 9.18 Å². The summed E-state index contributed by atoms with van der Waals surface area (Å²) >= 11 is 0. The summed E-state index contributed by atoms with van der Waals surface area (Å²) in [5.41, 5.74) is 2.56. The lowest BCUT2D eigenvalue weighted by Crippen LogP contribution is -2.28. The maximum atomic E-state index is 13.0. The van der Waals surface area contributed by atoms with Crippen LogP contribution in [0.25, 0.3) is 0 Å². The third kappa shape index (κ3) is 3.40. The average Bonchev–Trinajstić information content (AvgIpc) is 3.35. The first-order chi connectivity index (χ1) is 11.1. The zero-order valence-electron chi connectivity index (χ0n) is 12.9. The SMILES string of the molecule is CN(Cc1cccc(C#N)c1)C(=O)[C@@H]1C[C@H]1c1ccc(F)cc1. The van der Waals surface area contributed by atoms with Gasteiger partial charge in [0.15, 0.2) is 0 Å². The second kappa shape index (κ2) is 6.21. The summed E-state index contributed by atoms with van der Waals surface area (Å²) in [5.74, 6) is 0.00839. The molecule has 2 atom stereocenters. The standard InChI is InChI=1S/C19H17FN2O/c1-22(12-14-4-2-3-13(9-14)11-21)19(23)18-10-17(18)15-5-7-16(20)8-6-15/h2-9,17-18H,10,12H2,1H3/t17-,18+/m0/s1. The summed E-state index contributed by atoms with van der Waals surface area (Å²) in [6.45, 7) is 0.487. The zero-order chi connectivity index (χ0) is 16.4. The number of hydrogen-bond donors (Lipinski definition) is 0. The predicted molar refractivity (Wildman–Crippen MR) is 84.9 cm³/mol. The molecular formula is C19H17FN2O. The predicted octanol–water partition coefficient (Wildman–Crippen LogP) is 3.46. The van der Waals surface area contributed by atoms with Gasteiger partial charge in [0, 0.05) is 19.5 Å². The topological polar surface area (TPSA) is 44.1 Å². The number of halogens is 1. The van der Waals surface area contributed by atoms with Crippen LogP contribution in [-0.2, 0) is 11.3 Å². The second-order valence-electron chi connectivity index (χ2n) is 6.01. The third-order valence-corrected chi connectivity index (χ3v) is 4.26. The van der Waals surface area contributed by atoms with Crippen molar-refractivity contribution in [2.75, 3.05) is 7.05 Å². The molecule has 0 aromatic heterocycles. The van der Waals surface area contributed by atoms with Crippen molar-refractivity contribution in [3.05, 3.63) is 71.0 Å². The number of benzene rings is 2. The van der Waals surface area contributed by atoms with Crippen molar-refractivity contribution in [3.63, 3.8) is 0 Å². The van der Waals surface area contributed by atoms with Crippen molar-refractivity contribution in [1.82, 2.24) is 4.90 Å². The van der Waals surface area contributed by atoms with Crippen LogP contribution in [0.1, 0.15) is 29.0 Å². The smallest absolute Gasteiger partial charge is 0.226 e. The Labute approximate surface area is 135 Å². The number of hydrogen-bond acceptors (Lipinski definition) is 2. The summed E-state index contributed by atoms with van der Waals surface area (Å²) in [4.78, 5) is 14.2. The molecule has 1 aliphatic carbocycles. The fourth-order valence-electron chi connectivity index (χ4n) is 2.92. The van der Waals surface area contributed by atoms with Crippen molar-refractivity contribution < 1.29 is 9.18 Å². The molecule has 0 spiro atoms. The van der Waals surface area contributed by atoms with Crippen molar-refractivity contribution in [2.24, 2.45) is 5.92 Å². The molecule has 1 fully saturated rings. The lowest BCUT2D eigenvalue weighted by Gasteiger charge is -2.17. The minimum Gasteiger partial charge on any atom is -0.341 e. The van der Waals surface area contributed by atoms with E-state index in [2.05, 4.69) is 6.07 Å². The molecule has 1 saturated carbocycles.